The predicted molar refractivity (Wildman–Crippen MR) is 119 cm³/mol. The SMILES string of the molecule is CCNC(=NCc1ncnn1C)NCC(C(CC)CC)N1CCOCC1.I. The van der Waals surface area contributed by atoms with Gasteiger partial charge >= 0.3 is 0 Å². The number of morpholine rings is 1. The molecule has 1 atom stereocenters. The van der Waals surface area contributed by atoms with Gasteiger partial charge in [0.25, 0.3) is 0 Å². The van der Waals surface area contributed by atoms with E-state index in [9.17, 15) is 0 Å². The van der Waals surface area contributed by atoms with Crippen LogP contribution >= 0.6 is 24.0 Å². The molecule has 1 aliphatic heterocycles. The highest BCUT2D eigenvalue weighted by Crippen LogP contribution is 2.19. The molecule has 0 bridgehead atoms. The Morgan fingerprint density at radius 1 is 1.22 bits per heavy atom. The number of guanidine groups is 1. The summed E-state index contributed by atoms with van der Waals surface area (Å²) in [5.74, 6) is 2.36. The van der Waals surface area contributed by atoms with E-state index in [-0.39, 0.29) is 24.0 Å². The fourth-order valence-electron chi connectivity index (χ4n) is 3.49. The summed E-state index contributed by atoms with van der Waals surface area (Å²) in [7, 11) is 1.89. The summed E-state index contributed by atoms with van der Waals surface area (Å²) in [6, 6.07) is 0.493. The van der Waals surface area contributed by atoms with Crippen molar-refractivity contribution in [1.82, 2.24) is 30.3 Å². The van der Waals surface area contributed by atoms with Crippen LogP contribution in [0.2, 0.25) is 0 Å². The third kappa shape index (κ3) is 7.53. The summed E-state index contributed by atoms with van der Waals surface area (Å²) in [5.41, 5.74) is 0. The largest absolute Gasteiger partial charge is 0.379 e. The molecule has 27 heavy (non-hydrogen) atoms. The molecular formula is C18H36IN7O. The van der Waals surface area contributed by atoms with Gasteiger partial charge in [-0.1, -0.05) is 26.7 Å². The third-order valence-electron chi connectivity index (χ3n) is 5.11. The molecule has 0 amide bonds. The van der Waals surface area contributed by atoms with Crippen molar-refractivity contribution in [2.75, 3.05) is 39.4 Å². The van der Waals surface area contributed by atoms with Gasteiger partial charge in [0.05, 0.1) is 13.2 Å². The molecule has 0 radical (unpaired) electrons. The minimum Gasteiger partial charge on any atom is -0.379 e. The van der Waals surface area contributed by atoms with Gasteiger partial charge in [-0.05, 0) is 12.8 Å². The normalized spacial score (nSPS) is 16.9. The smallest absolute Gasteiger partial charge is 0.191 e. The predicted octanol–water partition coefficient (Wildman–Crippen LogP) is 1.63. The van der Waals surface area contributed by atoms with E-state index in [1.807, 2.05) is 7.05 Å². The van der Waals surface area contributed by atoms with Crippen LogP contribution in [0.3, 0.4) is 0 Å². The summed E-state index contributed by atoms with van der Waals surface area (Å²) in [6.07, 6.45) is 3.94. The van der Waals surface area contributed by atoms with Crippen LogP contribution in [0.4, 0.5) is 0 Å². The van der Waals surface area contributed by atoms with Crippen LogP contribution in [0, 0.1) is 5.92 Å². The Morgan fingerprint density at radius 2 is 1.93 bits per heavy atom. The van der Waals surface area contributed by atoms with Gasteiger partial charge in [-0.2, -0.15) is 5.10 Å². The molecule has 1 unspecified atom stereocenters. The third-order valence-corrected chi connectivity index (χ3v) is 5.11. The van der Waals surface area contributed by atoms with Gasteiger partial charge in [-0.25, -0.2) is 9.98 Å². The number of aryl methyl sites for hydroxylation is 1. The van der Waals surface area contributed by atoms with E-state index in [0.29, 0.717) is 18.5 Å². The number of aliphatic imine (C=N–C) groups is 1. The van der Waals surface area contributed by atoms with Crippen molar-refractivity contribution < 1.29 is 4.74 Å². The first-order valence-electron chi connectivity index (χ1n) is 9.86. The summed E-state index contributed by atoms with van der Waals surface area (Å²) >= 11 is 0. The molecular weight excluding hydrogens is 457 g/mol. The molecule has 1 aliphatic rings. The Morgan fingerprint density at radius 3 is 2.48 bits per heavy atom. The summed E-state index contributed by atoms with van der Waals surface area (Å²) in [4.78, 5) is 11.5. The van der Waals surface area contributed by atoms with E-state index >= 15 is 0 Å². The molecule has 8 nitrogen and oxygen atoms in total. The quantitative estimate of drug-likeness (QED) is 0.309. The number of hydrogen-bond donors (Lipinski definition) is 2. The van der Waals surface area contributed by atoms with Crippen molar-refractivity contribution in [3.8, 4) is 0 Å². The molecule has 1 aromatic heterocycles. The number of rotatable bonds is 9. The van der Waals surface area contributed by atoms with Gasteiger partial charge in [0, 0.05) is 39.3 Å². The number of ether oxygens (including phenoxy) is 1. The van der Waals surface area contributed by atoms with Crippen LogP contribution in [0.1, 0.15) is 39.4 Å². The van der Waals surface area contributed by atoms with Crippen molar-refractivity contribution in [3.63, 3.8) is 0 Å². The first-order chi connectivity index (χ1) is 12.7. The Bertz CT molecular complexity index is 542. The maximum absolute atomic E-state index is 5.54. The zero-order valence-corrected chi connectivity index (χ0v) is 19.5. The lowest BCUT2D eigenvalue weighted by Gasteiger charge is -2.39. The van der Waals surface area contributed by atoms with Gasteiger partial charge in [0.1, 0.15) is 18.7 Å². The lowest BCUT2D eigenvalue weighted by atomic mass is 9.92. The molecule has 0 aromatic carbocycles. The van der Waals surface area contributed by atoms with Crippen LogP contribution < -0.4 is 10.6 Å². The van der Waals surface area contributed by atoms with E-state index in [1.54, 1.807) is 11.0 Å². The first kappa shape index (κ1) is 24.1. The van der Waals surface area contributed by atoms with Crippen LogP contribution in [0.5, 0.6) is 0 Å². The molecule has 1 saturated heterocycles. The fourth-order valence-corrected chi connectivity index (χ4v) is 3.49. The number of nitrogens with zero attached hydrogens (tertiary/aromatic N) is 5. The highest BCUT2D eigenvalue weighted by atomic mass is 127. The Hall–Kier alpha value is -0.940. The van der Waals surface area contributed by atoms with E-state index in [4.69, 9.17) is 4.74 Å². The number of aromatic nitrogens is 3. The number of nitrogens with one attached hydrogen (secondary N) is 2. The highest BCUT2D eigenvalue weighted by molar-refractivity contribution is 14.0. The van der Waals surface area contributed by atoms with Crippen molar-refractivity contribution in [1.29, 1.82) is 0 Å². The minimum atomic E-state index is 0. The maximum Gasteiger partial charge on any atom is 0.191 e. The molecule has 2 rings (SSSR count). The summed E-state index contributed by atoms with van der Waals surface area (Å²) in [6.45, 7) is 12.6. The van der Waals surface area contributed by atoms with Crippen molar-refractivity contribution >= 4 is 29.9 Å². The second kappa shape index (κ2) is 13.3. The molecule has 0 aliphatic carbocycles. The maximum atomic E-state index is 5.54. The molecule has 2 heterocycles. The van der Waals surface area contributed by atoms with Gasteiger partial charge in [0.15, 0.2) is 5.96 Å². The van der Waals surface area contributed by atoms with Crippen molar-refractivity contribution in [2.45, 2.75) is 46.2 Å². The van der Waals surface area contributed by atoms with Crippen LogP contribution in [0.15, 0.2) is 11.3 Å². The van der Waals surface area contributed by atoms with E-state index < -0.39 is 0 Å². The molecule has 0 saturated carbocycles. The topological polar surface area (TPSA) is 79.6 Å². The monoisotopic (exact) mass is 493 g/mol. The van der Waals surface area contributed by atoms with Gasteiger partial charge in [0.2, 0.25) is 0 Å². The van der Waals surface area contributed by atoms with Gasteiger partial charge in [-0.3, -0.25) is 9.58 Å². The number of hydrogen-bond acceptors (Lipinski definition) is 5. The second-order valence-corrected chi connectivity index (χ2v) is 6.67. The van der Waals surface area contributed by atoms with E-state index in [1.165, 1.54) is 12.8 Å². The Labute approximate surface area is 180 Å². The zero-order chi connectivity index (χ0) is 18.8. The molecule has 1 aromatic rings. The first-order valence-corrected chi connectivity index (χ1v) is 9.86. The Balaban J connectivity index is 0.00000364. The van der Waals surface area contributed by atoms with E-state index in [2.05, 4.69) is 51.4 Å². The van der Waals surface area contributed by atoms with Gasteiger partial charge < -0.3 is 15.4 Å². The lowest BCUT2D eigenvalue weighted by molar-refractivity contribution is 0.00272. The van der Waals surface area contributed by atoms with Crippen LogP contribution in [0.25, 0.3) is 0 Å². The van der Waals surface area contributed by atoms with Gasteiger partial charge in [-0.15, -0.1) is 24.0 Å². The average molecular weight is 493 g/mol. The second-order valence-electron chi connectivity index (χ2n) is 6.67. The van der Waals surface area contributed by atoms with Crippen molar-refractivity contribution in [2.24, 2.45) is 18.0 Å². The average Bonchev–Trinajstić information content (AvgIpc) is 3.08. The summed E-state index contributed by atoms with van der Waals surface area (Å²) < 4.78 is 7.30. The van der Waals surface area contributed by atoms with Crippen LogP contribution in [-0.2, 0) is 18.3 Å². The van der Waals surface area contributed by atoms with E-state index in [0.717, 1.165) is 51.2 Å². The lowest BCUT2D eigenvalue weighted by Crippen LogP contribution is -2.53. The number of halogens is 1. The van der Waals surface area contributed by atoms with Crippen molar-refractivity contribution in [3.05, 3.63) is 12.2 Å². The molecule has 1 fully saturated rings. The zero-order valence-electron chi connectivity index (χ0n) is 17.1. The summed E-state index contributed by atoms with van der Waals surface area (Å²) in [5, 5.41) is 11.0. The molecule has 2 N–H and O–H groups in total. The highest BCUT2D eigenvalue weighted by Gasteiger charge is 2.27. The standard InChI is InChI=1S/C18H35N7O.HI/c1-5-15(6-2)16(25-8-10-26-11-9-25)12-20-18(19-7-3)21-13-17-22-14-23-24(17)4;/h14-16H,5-13H2,1-4H3,(H2,19,20,21);1H. The van der Waals surface area contributed by atoms with Crippen LogP contribution in [-0.4, -0.2) is 71.1 Å². The Kier molecular flexibility index (Phi) is 11.8. The molecule has 0 spiro atoms. The molecule has 156 valence electrons. The molecule has 9 heteroatoms. The fraction of sp³-hybridized carbons (Fsp3) is 0.833. The minimum absolute atomic E-state index is 0.